The Morgan fingerprint density at radius 1 is 1.40 bits per heavy atom. The van der Waals surface area contributed by atoms with E-state index in [1.165, 1.54) is 0 Å². The van der Waals surface area contributed by atoms with Crippen molar-refractivity contribution >= 4 is 5.78 Å². The van der Waals surface area contributed by atoms with Crippen LogP contribution in [0.15, 0.2) is 43.0 Å². The van der Waals surface area contributed by atoms with Gasteiger partial charge in [-0.1, -0.05) is 36.4 Å². The fourth-order valence-corrected chi connectivity index (χ4v) is 1.43. The van der Waals surface area contributed by atoms with Crippen LogP contribution in [0.1, 0.15) is 30.9 Å². The Bertz CT molecular complexity index is 319. The van der Waals surface area contributed by atoms with E-state index in [0.717, 1.165) is 12.0 Å². The average Bonchev–Trinajstić information content (AvgIpc) is 2.27. The Labute approximate surface area is 90.8 Å². The van der Waals surface area contributed by atoms with E-state index in [1.807, 2.05) is 30.3 Å². The quantitative estimate of drug-likeness (QED) is 0.722. The highest BCUT2D eigenvalue weighted by Crippen LogP contribution is 2.14. The van der Waals surface area contributed by atoms with Gasteiger partial charge in [-0.25, -0.2) is 0 Å². The van der Waals surface area contributed by atoms with Gasteiger partial charge >= 0.3 is 0 Å². The van der Waals surface area contributed by atoms with Crippen LogP contribution in [0.25, 0.3) is 0 Å². The predicted octanol–water partition coefficient (Wildman–Crippen LogP) is 2.61. The van der Waals surface area contributed by atoms with Crippen molar-refractivity contribution in [3.05, 3.63) is 48.6 Å². The highest BCUT2D eigenvalue weighted by atomic mass is 16.1. The van der Waals surface area contributed by atoms with Crippen LogP contribution in [0.5, 0.6) is 0 Å². The third-order valence-corrected chi connectivity index (χ3v) is 2.30. The van der Waals surface area contributed by atoms with Crippen LogP contribution in [0.2, 0.25) is 0 Å². The van der Waals surface area contributed by atoms with Crippen LogP contribution in [0, 0.1) is 0 Å². The van der Waals surface area contributed by atoms with E-state index in [1.54, 1.807) is 6.08 Å². The van der Waals surface area contributed by atoms with E-state index in [9.17, 15) is 4.79 Å². The summed E-state index contributed by atoms with van der Waals surface area (Å²) in [6.45, 7) is 3.59. The highest BCUT2D eigenvalue weighted by molar-refractivity contribution is 5.79. The molecule has 2 N–H and O–H groups in total. The molecule has 0 amide bonds. The number of benzene rings is 1. The van der Waals surface area contributed by atoms with Gasteiger partial charge in [-0.2, -0.15) is 0 Å². The fourth-order valence-electron chi connectivity index (χ4n) is 1.43. The summed E-state index contributed by atoms with van der Waals surface area (Å²) in [6, 6.07) is 9.53. The van der Waals surface area contributed by atoms with Crippen molar-refractivity contribution in [2.24, 2.45) is 5.73 Å². The molecule has 0 heterocycles. The number of hydrogen-bond acceptors (Lipinski definition) is 2. The van der Waals surface area contributed by atoms with Gasteiger partial charge in [0.15, 0.2) is 0 Å². The Morgan fingerprint density at radius 3 is 2.67 bits per heavy atom. The van der Waals surface area contributed by atoms with E-state index in [-0.39, 0.29) is 11.8 Å². The largest absolute Gasteiger partial charge is 0.324 e. The molecule has 1 aromatic carbocycles. The van der Waals surface area contributed by atoms with Crippen molar-refractivity contribution in [2.45, 2.75) is 25.3 Å². The minimum Gasteiger partial charge on any atom is -0.324 e. The maximum absolute atomic E-state index is 11.5. The van der Waals surface area contributed by atoms with Gasteiger partial charge in [0, 0.05) is 18.9 Å². The molecule has 1 unspecified atom stereocenters. The number of hydrogen-bond donors (Lipinski definition) is 1. The summed E-state index contributed by atoms with van der Waals surface area (Å²) in [5, 5.41) is 0. The molecular formula is C13H17NO. The molecule has 0 saturated heterocycles. The molecule has 2 heteroatoms. The zero-order valence-corrected chi connectivity index (χ0v) is 8.86. The second kappa shape index (κ2) is 6.14. The number of ketones is 1. The lowest BCUT2D eigenvalue weighted by atomic mass is 10.0. The van der Waals surface area contributed by atoms with Crippen LogP contribution in [0.3, 0.4) is 0 Å². The standard InChI is InChI=1S/C13H17NO/c1-2-3-9-12(15)10-13(14)11-7-5-4-6-8-11/h2,4-8,13H,1,3,9-10,14H2. The normalized spacial score (nSPS) is 12.1. The van der Waals surface area contributed by atoms with Gasteiger partial charge in [0.25, 0.3) is 0 Å². The Hall–Kier alpha value is -1.41. The Kier molecular flexibility index (Phi) is 4.78. The zero-order chi connectivity index (χ0) is 11.1. The summed E-state index contributed by atoms with van der Waals surface area (Å²) in [6.07, 6.45) is 3.45. The highest BCUT2D eigenvalue weighted by Gasteiger charge is 2.10. The Morgan fingerprint density at radius 2 is 2.07 bits per heavy atom. The van der Waals surface area contributed by atoms with Crippen molar-refractivity contribution in [1.82, 2.24) is 0 Å². The molecule has 0 fully saturated rings. The SMILES string of the molecule is C=CCCC(=O)CC(N)c1ccccc1. The van der Waals surface area contributed by atoms with Crippen molar-refractivity contribution in [2.75, 3.05) is 0 Å². The lowest BCUT2D eigenvalue weighted by Gasteiger charge is -2.10. The maximum Gasteiger partial charge on any atom is 0.135 e. The number of carbonyl (C=O) groups excluding carboxylic acids is 1. The molecule has 0 saturated carbocycles. The summed E-state index contributed by atoms with van der Waals surface area (Å²) < 4.78 is 0. The number of carbonyl (C=O) groups is 1. The van der Waals surface area contributed by atoms with Crippen molar-refractivity contribution in [1.29, 1.82) is 0 Å². The predicted molar refractivity (Wildman–Crippen MR) is 62.4 cm³/mol. The lowest BCUT2D eigenvalue weighted by molar-refractivity contribution is -0.119. The van der Waals surface area contributed by atoms with E-state index in [0.29, 0.717) is 12.8 Å². The van der Waals surface area contributed by atoms with Gasteiger partial charge < -0.3 is 5.73 Å². The first-order valence-corrected chi connectivity index (χ1v) is 5.17. The summed E-state index contributed by atoms with van der Waals surface area (Å²) in [5.41, 5.74) is 6.94. The van der Waals surface area contributed by atoms with Crippen LogP contribution < -0.4 is 5.73 Å². The Balaban J connectivity index is 2.45. The van der Waals surface area contributed by atoms with E-state index in [2.05, 4.69) is 6.58 Å². The van der Waals surface area contributed by atoms with Crippen molar-refractivity contribution in [3.8, 4) is 0 Å². The molecule has 0 bridgehead atoms. The smallest absolute Gasteiger partial charge is 0.135 e. The molecule has 0 spiro atoms. The van der Waals surface area contributed by atoms with Gasteiger partial charge in [0.05, 0.1) is 0 Å². The summed E-state index contributed by atoms with van der Waals surface area (Å²) in [5.74, 6) is 0.200. The number of nitrogens with two attached hydrogens (primary N) is 1. The molecule has 1 rings (SSSR count). The first-order chi connectivity index (χ1) is 7.24. The summed E-state index contributed by atoms with van der Waals surface area (Å²) >= 11 is 0. The minimum atomic E-state index is -0.177. The molecular weight excluding hydrogens is 186 g/mol. The molecule has 0 aromatic heterocycles. The number of Topliss-reactive ketones (excluding diaryl/α,β-unsaturated/α-hetero) is 1. The topological polar surface area (TPSA) is 43.1 Å². The molecule has 0 radical (unpaired) electrons. The van der Waals surface area contributed by atoms with E-state index >= 15 is 0 Å². The molecule has 0 aliphatic heterocycles. The average molecular weight is 203 g/mol. The van der Waals surface area contributed by atoms with Gasteiger partial charge in [0.2, 0.25) is 0 Å². The second-order valence-electron chi connectivity index (χ2n) is 3.59. The number of rotatable bonds is 6. The van der Waals surface area contributed by atoms with E-state index in [4.69, 9.17) is 5.73 Å². The first-order valence-electron chi connectivity index (χ1n) is 5.17. The van der Waals surface area contributed by atoms with Crippen LogP contribution in [-0.4, -0.2) is 5.78 Å². The molecule has 1 atom stereocenters. The van der Waals surface area contributed by atoms with Crippen molar-refractivity contribution < 1.29 is 4.79 Å². The van der Waals surface area contributed by atoms with Crippen molar-refractivity contribution in [3.63, 3.8) is 0 Å². The van der Waals surface area contributed by atoms with Gasteiger partial charge in [-0.3, -0.25) is 4.79 Å². The molecule has 80 valence electrons. The number of allylic oxidation sites excluding steroid dienone is 1. The lowest BCUT2D eigenvalue weighted by Crippen LogP contribution is -2.15. The molecule has 1 aromatic rings. The molecule has 0 aliphatic rings. The van der Waals surface area contributed by atoms with Crippen LogP contribution in [0.4, 0.5) is 0 Å². The fraction of sp³-hybridized carbons (Fsp3) is 0.308. The molecule has 0 aliphatic carbocycles. The van der Waals surface area contributed by atoms with Gasteiger partial charge in [-0.15, -0.1) is 6.58 Å². The monoisotopic (exact) mass is 203 g/mol. The second-order valence-corrected chi connectivity index (χ2v) is 3.59. The first kappa shape index (κ1) is 11.7. The molecule has 15 heavy (non-hydrogen) atoms. The van der Waals surface area contributed by atoms with Gasteiger partial charge in [-0.05, 0) is 12.0 Å². The third-order valence-electron chi connectivity index (χ3n) is 2.30. The zero-order valence-electron chi connectivity index (χ0n) is 8.86. The van der Waals surface area contributed by atoms with Gasteiger partial charge in [0.1, 0.15) is 5.78 Å². The maximum atomic E-state index is 11.5. The van der Waals surface area contributed by atoms with Crippen LogP contribution >= 0.6 is 0 Å². The van der Waals surface area contributed by atoms with Crippen LogP contribution in [-0.2, 0) is 4.79 Å². The molecule has 2 nitrogen and oxygen atoms in total. The van der Waals surface area contributed by atoms with E-state index < -0.39 is 0 Å². The minimum absolute atomic E-state index is 0.177. The third kappa shape index (κ3) is 4.09. The summed E-state index contributed by atoms with van der Waals surface area (Å²) in [4.78, 5) is 11.5. The summed E-state index contributed by atoms with van der Waals surface area (Å²) in [7, 11) is 0.